The molecule has 0 N–H and O–H groups in total. The molecule has 3 rings (SSSR count). The molecule has 0 saturated carbocycles. The van der Waals surface area contributed by atoms with Crippen molar-refractivity contribution >= 4 is 22.7 Å². The zero-order chi connectivity index (χ0) is 14.1. The summed E-state index contributed by atoms with van der Waals surface area (Å²) in [5, 5.41) is -0.497. The Hall–Kier alpha value is -1.87. The molecule has 3 aromatic rings. The third-order valence-corrected chi connectivity index (χ3v) is 3.57. The fraction of sp³-hybridized carbons (Fsp3) is 0.188. The lowest BCUT2D eigenvalue weighted by molar-refractivity contribution is 0.519. The van der Waals surface area contributed by atoms with E-state index in [1.54, 1.807) is 6.07 Å². The molecule has 4 heteroatoms. The topological polar surface area (TPSA) is 26.0 Å². The van der Waals surface area contributed by atoms with E-state index in [-0.39, 0.29) is 5.82 Å². The number of aromatic nitrogens is 1. The molecule has 0 spiro atoms. The van der Waals surface area contributed by atoms with Crippen LogP contribution < -0.4 is 0 Å². The van der Waals surface area contributed by atoms with Crippen molar-refractivity contribution in [2.75, 3.05) is 0 Å². The van der Waals surface area contributed by atoms with Crippen LogP contribution in [-0.2, 0) is 6.42 Å². The van der Waals surface area contributed by atoms with Gasteiger partial charge >= 0.3 is 0 Å². The van der Waals surface area contributed by atoms with Crippen molar-refractivity contribution in [1.29, 1.82) is 0 Å². The number of hydrogen-bond acceptors (Lipinski definition) is 2. The first-order valence-electron chi connectivity index (χ1n) is 6.38. The van der Waals surface area contributed by atoms with Crippen LogP contribution in [0.2, 0.25) is 0 Å². The molecule has 1 unspecified atom stereocenters. The van der Waals surface area contributed by atoms with Crippen LogP contribution in [0.3, 0.4) is 0 Å². The highest BCUT2D eigenvalue weighted by Gasteiger charge is 2.17. The Labute approximate surface area is 121 Å². The van der Waals surface area contributed by atoms with E-state index in [9.17, 15) is 4.39 Å². The molecule has 1 heterocycles. The molecule has 0 saturated heterocycles. The maximum Gasteiger partial charge on any atom is 0.197 e. The number of aryl methyl sites for hydroxylation is 1. The normalized spacial score (nSPS) is 12.8. The molecule has 0 bridgehead atoms. The molecule has 20 heavy (non-hydrogen) atoms. The van der Waals surface area contributed by atoms with Crippen LogP contribution in [0.5, 0.6) is 0 Å². The van der Waals surface area contributed by atoms with Gasteiger partial charge in [0.05, 0.1) is 5.38 Å². The second kappa shape index (κ2) is 5.25. The van der Waals surface area contributed by atoms with Crippen molar-refractivity contribution in [2.24, 2.45) is 0 Å². The Morgan fingerprint density at radius 3 is 2.80 bits per heavy atom. The maximum atomic E-state index is 13.9. The zero-order valence-electron chi connectivity index (χ0n) is 10.9. The third kappa shape index (κ3) is 2.54. The number of alkyl halides is 1. The molecule has 0 amide bonds. The van der Waals surface area contributed by atoms with Gasteiger partial charge in [-0.05, 0) is 30.7 Å². The van der Waals surface area contributed by atoms with E-state index in [4.69, 9.17) is 16.0 Å². The van der Waals surface area contributed by atoms with E-state index < -0.39 is 5.38 Å². The van der Waals surface area contributed by atoms with Crippen LogP contribution in [0.1, 0.15) is 22.4 Å². The summed E-state index contributed by atoms with van der Waals surface area (Å²) in [5.74, 6) is 0.229. The van der Waals surface area contributed by atoms with E-state index in [2.05, 4.69) is 4.98 Å². The highest BCUT2D eigenvalue weighted by atomic mass is 35.5. The van der Waals surface area contributed by atoms with E-state index >= 15 is 0 Å². The quantitative estimate of drug-likeness (QED) is 0.647. The fourth-order valence-corrected chi connectivity index (χ4v) is 2.47. The largest absolute Gasteiger partial charge is 0.441 e. The highest BCUT2D eigenvalue weighted by Crippen LogP contribution is 2.28. The molecule has 0 aliphatic heterocycles. The zero-order valence-corrected chi connectivity index (χ0v) is 11.7. The lowest BCUT2D eigenvalue weighted by atomic mass is 10.1. The van der Waals surface area contributed by atoms with Gasteiger partial charge in [0.2, 0.25) is 0 Å². The minimum Gasteiger partial charge on any atom is -0.441 e. The van der Waals surface area contributed by atoms with Crippen LogP contribution >= 0.6 is 11.6 Å². The van der Waals surface area contributed by atoms with E-state index in [0.29, 0.717) is 17.9 Å². The van der Waals surface area contributed by atoms with Crippen molar-refractivity contribution in [3.8, 4) is 0 Å². The molecule has 0 aliphatic rings. The predicted molar refractivity (Wildman–Crippen MR) is 77.4 cm³/mol. The number of halogens is 2. The number of nitrogens with zero attached hydrogens (tertiary/aromatic N) is 1. The molecule has 0 aliphatic carbocycles. The molecule has 2 nitrogen and oxygen atoms in total. The molecule has 102 valence electrons. The Morgan fingerprint density at radius 1 is 1.25 bits per heavy atom. The minimum absolute atomic E-state index is 0.291. The molecular weight excluding hydrogens is 277 g/mol. The minimum atomic E-state index is -0.497. The van der Waals surface area contributed by atoms with Crippen molar-refractivity contribution in [1.82, 2.24) is 4.98 Å². The summed E-state index contributed by atoms with van der Waals surface area (Å²) in [6, 6.07) is 12.5. The van der Waals surface area contributed by atoms with Crippen LogP contribution in [0.15, 0.2) is 46.9 Å². The highest BCUT2D eigenvalue weighted by molar-refractivity contribution is 6.20. The Kier molecular flexibility index (Phi) is 3.45. The van der Waals surface area contributed by atoms with Gasteiger partial charge in [-0.3, -0.25) is 0 Å². The summed E-state index contributed by atoms with van der Waals surface area (Å²) in [4.78, 5) is 4.35. The van der Waals surface area contributed by atoms with E-state index in [1.165, 1.54) is 6.07 Å². The number of benzene rings is 2. The van der Waals surface area contributed by atoms with Gasteiger partial charge in [0.25, 0.3) is 0 Å². The van der Waals surface area contributed by atoms with Crippen molar-refractivity contribution in [3.05, 3.63) is 65.3 Å². The van der Waals surface area contributed by atoms with Crippen LogP contribution in [-0.4, -0.2) is 4.98 Å². The number of fused-ring (bicyclic) bond motifs is 1. The second-order valence-electron chi connectivity index (χ2n) is 4.77. The molecule has 1 aromatic heterocycles. The van der Waals surface area contributed by atoms with Gasteiger partial charge in [-0.25, -0.2) is 9.37 Å². The van der Waals surface area contributed by atoms with Gasteiger partial charge in [0.1, 0.15) is 11.3 Å². The smallest absolute Gasteiger partial charge is 0.197 e. The number of rotatable bonds is 3. The molecule has 0 fully saturated rings. The van der Waals surface area contributed by atoms with Crippen molar-refractivity contribution in [3.63, 3.8) is 0 Å². The average Bonchev–Trinajstić information content (AvgIpc) is 2.80. The first-order valence-corrected chi connectivity index (χ1v) is 6.81. The van der Waals surface area contributed by atoms with E-state index in [1.807, 2.05) is 37.3 Å². The van der Waals surface area contributed by atoms with Crippen molar-refractivity contribution in [2.45, 2.75) is 18.7 Å². The predicted octanol–water partition coefficient (Wildman–Crippen LogP) is 4.80. The standard InChI is InChI=1S/C16H13ClFNO/c1-10-6-7-11(13(18)8-10)12(17)9-16-19-14-4-2-3-5-15(14)20-16/h2-8,12H,9H2,1H3. The summed E-state index contributed by atoms with van der Waals surface area (Å²) in [5.41, 5.74) is 2.85. The number of hydrogen-bond donors (Lipinski definition) is 0. The van der Waals surface area contributed by atoms with Gasteiger partial charge < -0.3 is 4.42 Å². The summed E-state index contributed by atoms with van der Waals surface area (Å²) in [7, 11) is 0. The first kappa shape index (κ1) is 13.1. The number of para-hydroxylation sites is 2. The third-order valence-electron chi connectivity index (χ3n) is 3.19. The SMILES string of the molecule is Cc1ccc(C(Cl)Cc2nc3ccccc3o2)c(F)c1. The Bertz CT molecular complexity index is 720. The summed E-state index contributed by atoms with van der Waals surface area (Å²) < 4.78 is 19.5. The molecule has 2 aromatic carbocycles. The van der Waals surface area contributed by atoms with Crippen LogP contribution in [0.25, 0.3) is 11.1 Å². The van der Waals surface area contributed by atoms with Gasteiger partial charge in [-0.2, -0.15) is 0 Å². The molecule has 1 atom stereocenters. The van der Waals surface area contributed by atoms with Gasteiger partial charge in [0.15, 0.2) is 11.5 Å². The summed E-state index contributed by atoms with van der Waals surface area (Å²) in [6.07, 6.45) is 0.357. The van der Waals surface area contributed by atoms with E-state index in [0.717, 1.165) is 16.7 Å². The van der Waals surface area contributed by atoms with Crippen molar-refractivity contribution < 1.29 is 8.81 Å². The second-order valence-corrected chi connectivity index (χ2v) is 5.30. The van der Waals surface area contributed by atoms with Gasteiger partial charge in [-0.15, -0.1) is 11.6 Å². The van der Waals surface area contributed by atoms with Crippen LogP contribution in [0.4, 0.5) is 4.39 Å². The Balaban J connectivity index is 1.86. The van der Waals surface area contributed by atoms with Crippen LogP contribution in [0, 0.1) is 12.7 Å². The van der Waals surface area contributed by atoms with Gasteiger partial charge in [-0.1, -0.05) is 24.3 Å². The monoisotopic (exact) mass is 289 g/mol. The lowest BCUT2D eigenvalue weighted by Crippen LogP contribution is -1.99. The maximum absolute atomic E-state index is 13.9. The number of oxazole rings is 1. The lowest BCUT2D eigenvalue weighted by Gasteiger charge is -2.09. The fourth-order valence-electron chi connectivity index (χ4n) is 2.16. The molecular formula is C16H13ClFNO. The summed E-state index contributed by atoms with van der Waals surface area (Å²) >= 11 is 6.29. The van der Waals surface area contributed by atoms with Gasteiger partial charge in [0, 0.05) is 12.0 Å². The average molecular weight is 290 g/mol. The Morgan fingerprint density at radius 2 is 2.05 bits per heavy atom. The molecule has 0 radical (unpaired) electrons. The first-order chi connectivity index (χ1) is 9.63. The summed E-state index contributed by atoms with van der Waals surface area (Å²) in [6.45, 7) is 1.84.